The molecule has 0 fully saturated rings. The van der Waals surface area contributed by atoms with Crippen molar-refractivity contribution < 1.29 is 14.3 Å². The molecule has 3 amide bonds. The Morgan fingerprint density at radius 3 is 2.82 bits per heavy atom. The maximum atomic E-state index is 11.9. The summed E-state index contributed by atoms with van der Waals surface area (Å²) in [5.41, 5.74) is 1.11. The highest BCUT2D eigenvalue weighted by Crippen LogP contribution is 2.19. The van der Waals surface area contributed by atoms with Crippen molar-refractivity contribution in [2.75, 3.05) is 5.75 Å². The number of benzene rings is 1. The van der Waals surface area contributed by atoms with Gasteiger partial charge in [0.05, 0.1) is 5.75 Å². The van der Waals surface area contributed by atoms with Crippen LogP contribution in [-0.2, 0) is 17.9 Å². The second-order valence-corrected chi connectivity index (χ2v) is 7.31. The molecule has 0 aliphatic heterocycles. The van der Waals surface area contributed by atoms with Crippen molar-refractivity contribution in [3.05, 3.63) is 48.3 Å². The van der Waals surface area contributed by atoms with Gasteiger partial charge in [-0.2, -0.15) is 0 Å². The number of ether oxygens (including phenoxy) is 1. The molecule has 0 saturated carbocycles. The Kier molecular flexibility index (Phi) is 8.06. The van der Waals surface area contributed by atoms with Crippen molar-refractivity contribution in [3.8, 4) is 5.75 Å². The standard InChI is InChI=1S/C19H25N5O3S/c1-5-9-24-16(11-27-15-8-6-7-14(4)10-15)22-23-19(24)28-12-17(25)21-18(26)20-13(2)3/h5-8,10,13H,1,9,11-12H2,2-4H3,(H2,20,21,25,26). The summed E-state index contributed by atoms with van der Waals surface area (Å²) in [5, 5.41) is 13.7. The molecule has 0 spiro atoms. The minimum atomic E-state index is -0.514. The van der Waals surface area contributed by atoms with Gasteiger partial charge in [-0.3, -0.25) is 14.7 Å². The van der Waals surface area contributed by atoms with Gasteiger partial charge in [-0.05, 0) is 38.5 Å². The topological polar surface area (TPSA) is 98.1 Å². The van der Waals surface area contributed by atoms with Crippen LogP contribution >= 0.6 is 11.8 Å². The molecule has 1 aromatic carbocycles. The van der Waals surface area contributed by atoms with Crippen molar-refractivity contribution in [1.29, 1.82) is 0 Å². The number of nitrogens with one attached hydrogen (secondary N) is 2. The van der Waals surface area contributed by atoms with E-state index in [4.69, 9.17) is 4.74 Å². The quantitative estimate of drug-likeness (QED) is 0.493. The van der Waals surface area contributed by atoms with Gasteiger partial charge in [0.2, 0.25) is 5.91 Å². The smallest absolute Gasteiger partial charge is 0.321 e. The molecule has 0 unspecified atom stereocenters. The number of aromatic nitrogens is 3. The lowest BCUT2D eigenvalue weighted by atomic mass is 10.2. The number of thioether (sulfide) groups is 1. The third-order valence-corrected chi connectivity index (χ3v) is 4.43. The zero-order valence-electron chi connectivity index (χ0n) is 16.3. The maximum Gasteiger partial charge on any atom is 0.321 e. The largest absolute Gasteiger partial charge is 0.486 e. The van der Waals surface area contributed by atoms with E-state index in [2.05, 4.69) is 27.4 Å². The minimum Gasteiger partial charge on any atom is -0.486 e. The average molecular weight is 404 g/mol. The van der Waals surface area contributed by atoms with Gasteiger partial charge in [-0.15, -0.1) is 16.8 Å². The van der Waals surface area contributed by atoms with Crippen LogP contribution < -0.4 is 15.4 Å². The van der Waals surface area contributed by atoms with Crippen LogP contribution in [0, 0.1) is 6.92 Å². The van der Waals surface area contributed by atoms with E-state index in [9.17, 15) is 9.59 Å². The molecule has 0 aliphatic carbocycles. The number of rotatable bonds is 9. The number of amides is 3. The van der Waals surface area contributed by atoms with E-state index < -0.39 is 11.9 Å². The lowest BCUT2D eigenvalue weighted by Gasteiger charge is -2.10. The Morgan fingerprint density at radius 2 is 2.14 bits per heavy atom. The van der Waals surface area contributed by atoms with Gasteiger partial charge >= 0.3 is 6.03 Å². The highest BCUT2D eigenvalue weighted by atomic mass is 32.2. The number of allylic oxidation sites excluding steroid dienone is 1. The molecule has 9 heteroatoms. The number of hydrogen-bond acceptors (Lipinski definition) is 6. The summed E-state index contributed by atoms with van der Waals surface area (Å²) in [4.78, 5) is 23.5. The summed E-state index contributed by atoms with van der Waals surface area (Å²) in [5.74, 6) is 1.01. The van der Waals surface area contributed by atoms with Gasteiger partial charge in [-0.1, -0.05) is 30.0 Å². The molecule has 0 bridgehead atoms. The number of carbonyl (C=O) groups excluding carboxylic acids is 2. The first-order chi connectivity index (χ1) is 13.4. The normalized spacial score (nSPS) is 10.6. The number of aryl methyl sites for hydroxylation is 1. The van der Waals surface area contributed by atoms with Crippen molar-refractivity contribution in [2.24, 2.45) is 0 Å². The molecule has 0 aliphatic rings. The first kappa shape index (κ1) is 21.5. The number of imide groups is 1. The zero-order valence-corrected chi connectivity index (χ0v) is 17.1. The molecular formula is C19H25N5O3S. The van der Waals surface area contributed by atoms with E-state index in [1.54, 1.807) is 6.08 Å². The van der Waals surface area contributed by atoms with Crippen LogP contribution in [0.15, 0.2) is 42.1 Å². The summed E-state index contributed by atoms with van der Waals surface area (Å²) in [6.45, 7) is 10.1. The summed E-state index contributed by atoms with van der Waals surface area (Å²) >= 11 is 1.19. The van der Waals surface area contributed by atoms with Gasteiger partial charge in [-0.25, -0.2) is 4.79 Å². The molecule has 28 heavy (non-hydrogen) atoms. The molecule has 150 valence electrons. The number of carbonyl (C=O) groups is 2. The number of urea groups is 1. The van der Waals surface area contributed by atoms with E-state index >= 15 is 0 Å². The van der Waals surface area contributed by atoms with Gasteiger partial charge in [0, 0.05) is 12.6 Å². The van der Waals surface area contributed by atoms with Gasteiger partial charge < -0.3 is 10.1 Å². The van der Waals surface area contributed by atoms with E-state index in [-0.39, 0.29) is 18.4 Å². The Hall–Kier alpha value is -2.81. The van der Waals surface area contributed by atoms with Crippen LogP contribution in [0.1, 0.15) is 25.2 Å². The van der Waals surface area contributed by atoms with Crippen LogP contribution in [0.2, 0.25) is 0 Å². The highest BCUT2D eigenvalue weighted by Gasteiger charge is 2.15. The summed E-state index contributed by atoms with van der Waals surface area (Å²) in [7, 11) is 0. The van der Waals surface area contributed by atoms with Crippen molar-refractivity contribution in [2.45, 2.75) is 45.1 Å². The van der Waals surface area contributed by atoms with Crippen molar-refractivity contribution in [3.63, 3.8) is 0 Å². The van der Waals surface area contributed by atoms with Gasteiger partial charge in [0.1, 0.15) is 12.4 Å². The molecule has 2 rings (SSSR count). The Morgan fingerprint density at radius 1 is 1.36 bits per heavy atom. The van der Waals surface area contributed by atoms with Gasteiger partial charge in [0.15, 0.2) is 11.0 Å². The molecule has 1 aromatic heterocycles. The third kappa shape index (κ3) is 6.73. The summed E-state index contributed by atoms with van der Waals surface area (Å²) in [6.07, 6.45) is 1.72. The molecule has 0 atom stereocenters. The summed E-state index contributed by atoms with van der Waals surface area (Å²) in [6, 6.07) is 7.18. The summed E-state index contributed by atoms with van der Waals surface area (Å²) < 4.78 is 7.62. The van der Waals surface area contributed by atoms with E-state index in [0.29, 0.717) is 17.5 Å². The predicted octanol–water partition coefficient (Wildman–Crippen LogP) is 2.68. The highest BCUT2D eigenvalue weighted by molar-refractivity contribution is 7.99. The van der Waals surface area contributed by atoms with E-state index in [0.717, 1.165) is 11.3 Å². The van der Waals surface area contributed by atoms with Crippen LogP contribution in [-0.4, -0.2) is 38.5 Å². The molecule has 0 saturated heterocycles. The lowest BCUT2D eigenvalue weighted by molar-refractivity contribution is -0.117. The average Bonchev–Trinajstić information content (AvgIpc) is 3.00. The third-order valence-electron chi connectivity index (χ3n) is 3.47. The van der Waals surface area contributed by atoms with E-state index in [1.165, 1.54) is 11.8 Å². The Balaban J connectivity index is 1.96. The maximum absolute atomic E-state index is 11.9. The second kappa shape index (κ2) is 10.5. The molecular weight excluding hydrogens is 378 g/mol. The lowest BCUT2D eigenvalue weighted by Crippen LogP contribution is -2.43. The van der Waals surface area contributed by atoms with Crippen LogP contribution in [0.4, 0.5) is 4.79 Å². The zero-order chi connectivity index (χ0) is 20.5. The predicted molar refractivity (Wildman–Crippen MR) is 108 cm³/mol. The van der Waals surface area contributed by atoms with Crippen molar-refractivity contribution >= 4 is 23.7 Å². The first-order valence-electron chi connectivity index (χ1n) is 8.84. The molecule has 2 aromatic rings. The molecule has 1 heterocycles. The number of hydrogen-bond donors (Lipinski definition) is 2. The minimum absolute atomic E-state index is 0.0412. The van der Waals surface area contributed by atoms with E-state index in [1.807, 2.05) is 49.6 Å². The molecule has 8 nitrogen and oxygen atoms in total. The van der Waals surface area contributed by atoms with Crippen LogP contribution in [0.3, 0.4) is 0 Å². The Labute approximate surface area is 168 Å². The number of nitrogens with zero attached hydrogens (tertiary/aromatic N) is 3. The fourth-order valence-corrected chi connectivity index (χ4v) is 3.06. The Bertz CT molecular complexity index is 835. The van der Waals surface area contributed by atoms with Crippen LogP contribution in [0.25, 0.3) is 0 Å². The first-order valence-corrected chi connectivity index (χ1v) is 9.83. The SMILES string of the molecule is C=CCn1c(COc2cccc(C)c2)nnc1SCC(=O)NC(=O)NC(C)C. The fourth-order valence-electron chi connectivity index (χ4n) is 2.29. The monoisotopic (exact) mass is 403 g/mol. The van der Waals surface area contributed by atoms with Gasteiger partial charge in [0.25, 0.3) is 0 Å². The second-order valence-electron chi connectivity index (χ2n) is 6.37. The van der Waals surface area contributed by atoms with Crippen LogP contribution in [0.5, 0.6) is 5.75 Å². The molecule has 0 radical (unpaired) electrons. The van der Waals surface area contributed by atoms with Crippen molar-refractivity contribution in [1.82, 2.24) is 25.4 Å². The fraction of sp³-hybridized carbons (Fsp3) is 0.368. The molecule has 2 N–H and O–H groups in total.